The molecule has 162 valence electrons. The maximum Gasteiger partial charge on any atom is 0.258 e. The number of ether oxygens (including phenoxy) is 2. The predicted molar refractivity (Wildman–Crippen MR) is 122 cm³/mol. The van der Waals surface area contributed by atoms with E-state index in [2.05, 4.69) is 9.97 Å². The molecule has 0 unspecified atom stereocenters. The minimum atomic E-state index is -0.226. The van der Waals surface area contributed by atoms with Crippen LogP contribution in [0.4, 0.5) is 0 Å². The van der Waals surface area contributed by atoms with Gasteiger partial charge in [0.15, 0.2) is 11.5 Å². The number of likely N-dealkylation sites (N-methyl/N-ethyl adjacent to an activating group) is 1. The van der Waals surface area contributed by atoms with Crippen molar-refractivity contribution in [1.29, 1.82) is 0 Å². The highest BCUT2D eigenvalue weighted by Gasteiger charge is 2.14. The van der Waals surface area contributed by atoms with E-state index in [4.69, 9.17) is 21.1 Å². The molecule has 8 heteroatoms. The SMILES string of the molecule is CCOc1c(Cl)cc(C=CC(=O)N(CC)Cc2nc3ccccc3c(=O)[nH]2)cc1OC. The normalized spacial score (nSPS) is 11.1. The second-order valence-corrected chi connectivity index (χ2v) is 7.09. The summed E-state index contributed by atoms with van der Waals surface area (Å²) in [5.41, 5.74) is 1.07. The molecule has 1 heterocycles. The summed E-state index contributed by atoms with van der Waals surface area (Å²) < 4.78 is 10.8. The van der Waals surface area contributed by atoms with Gasteiger partial charge in [-0.1, -0.05) is 23.7 Å². The van der Waals surface area contributed by atoms with Crippen LogP contribution in [-0.4, -0.2) is 41.0 Å². The topological polar surface area (TPSA) is 84.5 Å². The first kappa shape index (κ1) is 22.4. The number of halogens is 1. The summed E-state index contributed by atoms with van der Waals surface area (Å²) in [6.45, 7) is 4.82. The van der Waals surface area contributed by atoms with E-state index < -0.39 is 0 Å². The number of H-pyrrole nitrogens is 1. The Morgan fingerprint density at radius 3 is 2.74 bits per heavy atom. The fourth-order valence-corrected chi connectivity index (χ4v) is 3.40. The maximum absolute atomic E-state index is 12.7. The second kappa shape index (κ2) is 10.1. The third-order valence-corrected chi connectivity index (χ3v) is 4.94. The molecule has 1 N–H and O–H groups in total. The molecule has 0 aliphatic heterocycles. The van der Waals surface area contributed by atoms with Gasteiger partial charge in [0.25, 0.3) is 5.56 Å². The summed E-state index contributed by atoms with van der Waals surface area (Å²) >= 11 is 6.29. The molecule has 0 saturated heterocycles. The molecule has 0 saturated carbocycles. The molecular weight excluding hydrogens is 418 g/mol. The van der Waals surface area contributed by atoms with E-state index >= 15 is 0 Å². The van der Waals surface area contributed by atoms with Crippen LogP contribution in [0.1, 0.15) is 25.2 Å². The first-order valence-corrected chi connectivity index (χ1v) is 10.3. The molecule has 0 radical (unpaired) electrons. The lowest BCUT2D eigenvalue weighted by molar-refractivity contribution is -0.126. The van der Waals surface area contributed by atoms with Gasteiger partial charge in [0, 0.05) is 12.6 Å². The number of para-hydroxylation sites is 1. The second-order valence-electron chi connectivity index (χ2n) is 6.68. The lowest BCUT2D eigenvalue weighted by atomic mass is 10.1. The molecule has 0 spiro atoms. The van der Waals surface area contributed by atoms with E-state index in [-0.39, 0.29) is 18.0 Å². The average molecular weight is 442 g/mol. The summed E-state index contributed by atoms with van der Waals surface area (Å²) in [5, 5.41) is 0.917. The highest BCUT2D eigenvalue weighted by Crippen LogP contribution is 2.36. The molecule has 3 rings (SSSR count). The quantitative estimate of drug-likeness (QED) is 0.533. The summed E-state index contributed by atoms with van der Waals surface area (Å²) in [6.07, 6.45) is 3.11. The standard InChI is InChI=1S/C23H24ClN3O4/c1-4-27(14-20-25-18-9-7-6-8-16(18)23(29)26-20)21(28)11-10-15-12-17(24)22(31-5-2)19(13-15)30-3/h6-13H,4-5,14H2,1-3H3,(H,25,26,29). The number of hydrogen-bond acceptors (Lipinski definition) is 5. The van der Waals surface area contributed by atoms with E-state index in [1.54, 1.807) is 41.3 Å². The Balaban J connectivity index is 1.79. The number of methoxy groups -OCH3 is 1. The van der Waals surface area contributed by atoms with Gasteiger partial charge in [-0.3, -0.25) is 9.59 Å². The summed E-state index contributed by atoms with van der Waals surface area (Å²) in [7, 11) is 1.53. The lowest BCUT2D eigenvalue weighted by Crippen LogP contribution is -2.30. The zero-order valence-electron chi connectivity index (χ0n) is 17.6. The third-order valence-electron chi connectivity index (χ3n) is 4.65. The molecule has 0 bridgehead atoms. The van der Waals surface area contributed by atoms with E-state index in [1.807, 2.05) is 19.9 Å². The zero-order chi connectivity index (χ0) is 22.4. The van der Waals surface area contributed by atoms with E-state index in [9.17, 15) is 9.59 Å². The molecule has 3 aromatic rings. The van der Waals surface area contributed by atoms with Crippen LogP contribution in [0.5, 0.6) is 11.5 Å². The molecule has 1 aromatic heterocycles. The zero-order valence-corrected chi connectivity index (χ0v) is 18.4. The Bertz CT molecular complexity index is 1170. The Morgan fingerprint density at radius 2 is 2.03 bits per heavy atom. The first-order valence-electron chi connectivity index (χ1n) is 9.92. The van der Waals surface area contributed by atoms with Crippen LogP contribution in [0.15, 0.2) is 47.3 Å². The van der Waals surface area contributed by atoms with Crippen molar-refractivity contribution < 1.29 is 14.3 Å². The third kappa shape index (κ3) is 5.24. The van der Waals surface area contributed by atoms with Gasteiger partial charge >= 0.3 is 0 Å². The average Bonchev–Trinajstić information content (AvgIpc) is 2.77. The van der Waals surface area contributed by atoms with Crippen LogP contribution in [0.25, 0.3) is 17.0 Å². The minimum absolute atomic E-state index is 0.188. The Labute approximate surface area is 185 Å². The Kier molecular flexibility index (Phi) is 7.31. The fraction of sp³-hybridized carbons (Fsp3) is 0.261. The molecule has 31 heavy (non-hydrogen) atoms. The molecule has 0 aliphatic rings. The number of nitrogens with one attached hydrogen (secondary N) is 1. The number of amides is 1. The van der Waals surface area contributed by atoms with Crippen molar-refractivity contribution in [3.8, 4) is 11.5 Å². The number of aromatic nitrogens is 2. The number of rotatable bonds is 8. The number of hydrogen-bond donors (Lipinski definition) is 1. The van der Waals surface area contributed by atoms with Gasteiger partial charge in [-0.15, -0.1) is 0 Å². The number of fused-ring (bicyclic) bond motifs is 1. The number of nitrogens with zero attached hydrogens (tertiary/aromatic N) is 2. The summed E-state index contributed by atoms with van der Waals surface area (Å²) in [5.74, 6) is 1.17. The van der Waals surface area contributed by atoms with Gasteiger partial charge in [-0.2, -0.15) is 0 Å². The molecule has 2 aromatic carbocycles. The Hall–Kier alpha value is -3.32. The van der Waals surface area contributed by atoms with Crippen LogP contribution in [0.2, 0.25) is 5.02 Å². The monoisotopic (exact) mass is 441 g/mol. The highest BCUT2D eigenvalue weighted by atomic mass is 35.5. The maximum atomic E-state index is 12.7. The Morgan fingerprint density at radius 1 is 1.26 bits per heavy atom. The number of benzene rings is 2. The molecule has 0 fully saturated rings. The largest absolute Gasteiger partial charge is 0.493 e. The van der Waals surface area contributed by atoms with Crippen molar-refractivity contribution in [2.45, 2.75) is 20.4 Å². The van der Waals surface area contributed by atoms with Crippen molar-refractivity contribution in [2.75, 3.05) is 20.3 Å². The van der Waals surface area contributed by atoms with Crippen LogP contribution >= 0.6 is 11.6 Å². The number of aromatic amines is 1. The van der Waals surface area contributed by atoms with Gasteiger partial charge in [0.2, 0.25) is 5.91 Å². The first-order chi connectivity index (χ1) is 15.0. The lowest BCUT2D eigenvalue weighted by Gasteiger charge is -2.18. The minimum Gasteiger partial charge on any atom is -0.493 e. The van der Waals surface area contributed by atoms with E-state index in [1.165, 1.54) is 13.2 Å². The molecule has 1 amide bonds. The summed E-state index contributed by atoms with van der Waals surface area (Å²) in [4.78, 5) is 33.8. The van der Waals surface area contributed by atoms with Gasteiger partial charge in [0.05, 0.1) is 36.2 Å². The van der Waals surface area contributed by atoms with Gasteiger partial charge in [-0.05, 0) is 49.8 Å². The highest BCUT2D eigenvalue weighted by molar-refractivity contribution is 6.32. The van der Waals surface area contributed by atoms with Crippen molar-refractivity contribution >= 4 is 34.5 Å². The molecule has 0 atom stereocenters. The van der Waals surface area contributed by atoms with Gasteiger partial charge in [0.1, 0.15) is 5.82 Å². The summed E-state index contributed by atoms with van der Waals surface area (Å²) in [6, 6.07) is 10.5. The van der Waals surface area contributed by atoms with Crippen LogP contribution in [0.3, 0.4) is 0 Å². The predicted octanol–water partition coefficient (Wildman–Crippen LogP) is 4.05. The number of carbonyl (C=O) groups is 1. The number of carbonyl (C=O) groups excluding carboxylic acids is 1. The van der Waals surface area contributed by atoms with Crippen molar-refractivity contribution in [1.82, 2.24) is 14.9 Å². The molecular formula is C23H24ClN3O4. The van der Waals surface area contributed by atoms with Crippen LogP contribution < -0.4 is 15.0 Å². The smallest absolute Gasteiger partial charge is 0.258 e. The molecule has 7 nitrogen and oxygen atoms in total. The van der Waals surface area contributed by atoms with E-state index in [0.717, 1.165) is 0 Å². The van der Waals surface area contributed by atoms with Crippen molar-refractivity contribution in [2.24, 2.45) is 0 Å². The van der Waals surface area contributed by atoms with Crippen LogP contribution in [-0.2, 0) is 11.3 Å². The van der Waals surface area contributed by atoms with Crippen LogP contribution in [0, 0.1) is 0 Å². The van der Waals surface area contributed by atoms with Crippen molar-refractivity contribution in [3.63, 3.8) is 0 Å². The fourth-order valence-electron chi connectivity index (χ4n) is 3.13. The van der Waals surface area contributed by atoms with Gasteiger partial charge in [-0.25, -0.2) is 4.98 Å². The molecule has 0 aliphatic carbocycles. The van der Waals surface area contributed by atoms with E-state index in [0.29, 0.717) is 52.0 Å². The van der Waals surface area contributed by atoms with Crippen molar-refractivity contribution in [3.05, 3.63) is 69.2 Å². The van der Waals surface area contributed by atoms with Gasteiger partial charge < -0.3 is 19.4 Å².